The second kappa shape index (κ2) is 3.66. The van der Waals surface area contributed by atoms with E-state index in [0.29, 0.717) is 17.8 Å². The normalized spacial score (nSPS) is 31.6. The summed E-state index contributed by atoms with van der Waals surface area (Å²) in [5.74, 6) is -0.419. The first-order chi connectivity index (χ1) is 6.55. The van der Waals surface area contributed by atoms with E-state index in [1.807, 2.05) is 13.8 Å². The van der Waals surface area contributed by atoms with Crippen LogP contribution in [0.25, 0.3) is 0 Å². The summed E-state index contributed by atoms with van der Waals surface area (Å²) in [6.07, 6.45) is 0.815. The molecule has 1 fully saturated rings. The summed E-state index contributed by atoms with van der Waals surface area (Å²) < 4.78 is 0. The minimum atomic E-state index is -0.419. The Morgan fingerprint density at radius 3 is 2.50 bits per heavy atom. The first-order valence-corrected chi connectivity index (χ1v) is 4.35. The molecule has 0 aromatic carbocycles. The third kappa shape index (κ3) is 1.69. The zero-order valence-electron chi connectivity index (χ0n) is 8.23. The fraction of sp³-hybridized carbons (Fsp3) is 0.667. The summed E-state index contributed by atoms with van der Waals surface area (Å²) in [6.45, 7) is 3.77. The molecule has 0 spiro atoms. The van der Waals surface area contributed by atoms with Crippen LogP contribution in [-0.4, -0.2) is 21.8 Å². The van der Waals surface area contributed by atoms with Gasteiger partial charge in [-0.25, -0.2) is 0 Å². The largest absolute Gasteiger partial charge is 0.411 e. The molecular formula is C9H13N3O2. The Morgan fingerprint density at radius 1 is 1.43 bits per heavy atom. The van der Waals surface area contributed by atoms with Crippen molar-refractivity contribution in [3.8, 4) is 6.07 Å². The molecule has 0 aliphatic heterocycles. The van der Waals surface area contributed by atoms with Crippen molar-refractivity contribution in [2.24, 2.45) is 21.6 Å². The van der Waals surface area contributed by atoms with E-state index < -0.39 is 5.92 Å². The number of nitrogens with zero attached hydrogens (tertiary/aromatic N) is 3. The molecule has 1 aliphatic carbocycles. The maximum Gasteiger partial charge on any atom is 0.0937 e. The molecule has 1 saturated carbocycles. The van der Waals surface area contributed by atoms with Crippen LogP contribution < -0.4 is 0 Å². The molecule has 0 amide bonds. The maximum atomic E-state index is 8.94. The van der Waals surface area contributed by atoms with Gasteiger partial charge in [0.1, 0.15) is 0 Å². The Balaban J connectivity index is 3.06. The highest BCUT2D eigenvalue weighted by Crippen LogP contribution is 2.37. The summed E-state index contributed by atoms with van der Waals surface area (Å²) in [5, 5.41) is 32.6. The molecular weight excluding hydrogens is 182 g/mol. The minimum absolute atomic E-state index is 0.272. The highest BCUT2D eigenvalue weighted by Gasteiger charge is 2.40. The van der Waals surface area contributed by atoms with E-state index in [2.05, 4.69) is 16.4 Å². The average Bonchev–Trinajstić information content (AvgIpc) is 2.15. The van der Waals surface area contributed by atoms with E-state index in [1.54, 1.807) is 0 Å². The lowest BCUT2D eigenvalue weighted by Crippen LogP contribution is -2.38. The van der Waals surface area contributed by atoms with Gasteiger partial charge in [-0.3, -0.25) is 0 Å². The predicted octanol–water partition coefficient (Wildman–Crippen LogP) is 1.61. The zero-order chi connectivity index (χ0) is 10.8. The van der Waals surface area contributed by atoms with E-state index in [-0.39, 0.29) is 11.8 Å². The minimum Gasteiger partial charge on any atom is -0.411 e. The van der Waals surface area contributed by atoms with Crippen LogP contribution in [0, 0.1) is 22.7 Å². The second-order valence-electron chi connectivity index (χ2n) is 4.16. The standard InChI is InChI=1S/C9H13N3O2/c1-9(2)4-6(11-13)3-8(12-14)7(9)5-10/h7,13-14H,3-4H2,1-2H3/b11-6+,12-8+. The Morgan fingerprint density at radius 2 is 2.07 bits per heavy atom. The number of hydrogen-bond donors (Lipinski definition) is 2. The van der Waals surface area contributed by atoms with E-state index in [9.17, 15) is 0 Å². The lowest BCUT2D eigenvalue weighted by atomic mass is 9.68. The van der Waals surface area contributed by atoms with Crippen LogP contribution in [0.2, 0.25) is 0 Å². The van der Waals surface area contributed by atoms with Gasteiger partial charge < -0.3 is 10.4 Å². The van der Waals surface area contributed by atoms with Gasteiger partial charge in [0.05, 0.1) is 23.4 Å². The Kier molecular flexibility index (Phi) is 2.75. The molecule has 5 heteroatoms. The molecule has 1 aliphatic rings. The predicted molar refractivity (Wildman–Crippen MR) is 50.6 cm³/mol. The van der Waals surface area contributed by atoms with E-state index in [0.717, 1.165) is 0 Å². The van der Waals surface area contributed by atoms with Crippen LogP contribution in [-0.2, 0) is 0 Å². The topological polar surface area (TPSA) is 89.0 Å². The van der Waals surface area contributed by atoms with Crippen molar-refractivity contribution in [1.29, 1.82) is 5.26 Å². The molecule has 0 aromatic heterocycles. The summed E-state index contributed by atoms with van der Waals surface area (Å²) in [7, 11) is 0. The summed E-state index contributed by atoms with van der Waals surface area (Å²) in [4.78, 5) is 0. The smallest absolute Gasteiger partial charge is 0.0937 e. The molecule has 76 valence electrons. The quantitative estimate of drug-likeness (QED) is 0.454. The zero-order valence-corrected chi connectivity index (χ0v) is 8.23. The Bertz CT molecular complexity index is 325. The molecule has 0 aromatic rings. The first-order valence-electron chi connectivity index (χ1n) is 4.35. The molecule has 0 heterocycles. The van der Waals surface area contributed by atoms with Crippen LogP contribution in [0.5, 0.6) is 0 Å². The van der Waals surface area contributed by atoms with Gasteiger partial charge >= 0.3 is 0 Å². The van der Waals surface area contributed by atoms with Crippen LogP contribution in [0.3, 0.4) is 0 Å². The van der Waals surface area contributed by atoms with Gasteiger partial charge in [-0.1, -0.05) is 24.2 Å². The first kappa shape index (κ1) is 10.5. The fourth-order valence-electron chi connectivity index (χ4n) is 1.87. The van der Waals surface area contributed by atoms with Gasteiger partial charge in [-0.15, -0.1) is 0 Å². The molecule has 0 saturated heterocycles. The van der Waals surface area contributed by atoms with Crippen molar-refractivity contribution in [3.63, 3.8) is 0 Å². The highest BCUT2D eigenvalue weighted by atomic mass is 16.4. The fourth-order valence-corrected chi connectivity index (χ4v) is 1.87. The number of oxime groups is 2. The van der Waals surface area contributed by atoms with Crippen molar-refractivity contribution < 1.29 is 10.4 Å². The van der Waals surface area contributed by atoms with Gasteiger partial charge in [0, 0.05) is 6.42 Å². The molecule has 0 bridgehead atoms. The van der Waals surface area contributed by atoms with E-state index >= 15 is 0 Å². The molecule has 0 radical (unpaired) electrons. The van der Waals surface area contributed by atoms with Gasteiger partial charge in [-0.05, 0) is 11.8 Å². The maximum absolute atomic E-state index is 8.94. The Hall–Kier alpha value is -1.57. The van der Waals surface area contributed by atoms with Crippen molar-refractivity contribution >= 4 is 11.4 Å². The number of nitriles is 1. The third-order valence-electron chi connectivity index (χ3n) is 2.56. The van der Waals surface area contributed by atoms with Crippen LogP contribution in [0.4, 0.5) is 0 Å². The van der Waals surface area contributed by atoms with E-state index in [4.69, 9.17) is 15.7 Å². The number of rotatable bonds is 0. The molecule has 1 rings (SSSR count). The summed E-state index contributed by atoms with van der Waals surface area (Å²) in [5.41, 5.74) is 0.571. The SMILES string of the molecule is CC1(C)C/C(=N/O)C/C(=N\O)C1C#N. The van der Waals surface area contributed by atoms with Gasteiger partial charge in [0.15, 0.2) is 0 Å². The van der Waals surface area contributed by atoms with Crippen LogP contribution >= 0.6 is 0 Å². The Labute approximate surface area is 82.3 Å². The second-order valence-corrected chi connectivity index (χ2v) is 4.16. The van der Waals surface area contributed by atoms with Gasteiger partial charge in [0.2, 0.25) is 0 Å². The number of hydrogen-bond acceptors (Lipinski definition) is 5. The molecule has 14 heavy (non-hydrogen) atoms. The van der Waals surface area contributed by atoms with Crippen molar-refractivity contribution in [3.05, 3.63) is 0 Å². The molecule has 5 nitrogen and oxygen atoms in total. The van der Waals surface area contributed by atoms with Crippen molar-refractivity contribution in [1.82, 2.24) is 0 Å². The van der Waals surface area contributed by atoms with Crippen molar-refractivity contribution in [2.45, 2.75) is 26.7 Å². The van der Waals surface area contributed by atoms with Crippen LogP contribution in [0.1, 0.15) is 26.7 Å². The summed E-state index contributed by atoms with van der Waals surface area (Å²) in [6, 6.07) is 2.11. The van der Waals surface area contributed by atoms with Gasteiger partial charge in [-0.2, -0.15) is 5.26 Å². The highest BCUT2D eigenvalue weighted by molar-refractivity contribution is 6.08. The van der Waals surface area contributed by atoms with Gasteiger partial charge in [0.25, 0.3) is 0 Å². The lowest BCUT2D eigenvalue weighted by molar-refractivity contribution is 0.277. The molecule has 1 unspecified atom stereocenters. The average molecular weight is 195 g/mol. The molecule has 2 N–H and O–H groups in total. The monoisotopic (exact) mass is 195 g/mol. The van der Waals surface area contributed by atoms with E-state index in [1.165, 1.54) is 0 Å². The third-order valence-corrected chi connectivity index (χ3v) is 2.56. The molecule has 1 atom stereocenters. The summed E-state index contributed by atoms with van der Waals surface area (Å²) >= 11 is 0. The lowest BCUT2D eigenvalue weighted by Gasteiger charge is -2.34. The van der Waals surface area contributed by atoms with Crippen molar-refractivity contribution in [2.75, 3.05) is 0 Å². The van der Waals surface area contributed by atoms with Crippen LogP contribution in [0.15, 0.2) is 10.3 Å².